The first-order valence-electron chi connectivity index (χ1n) is 10.1. The van der Waals surface area contributed by atoms with Crippen LogP contribution in [-0.2, 0) is 25.9 Å². The third kappa shape index (κ3) is 3.22. The standard InChI is InChI=1S/C20H27N5O/c26-20-7-6-17(15-4-5-15)23-25(20)12-14-8-10-24(11-9-14)13-19-16-2-1-3-18(16)21-22-19/h6-7,14-15H,1-5,8-13H2,(H,21,22). The number of rotatable bonds is 5. The van der Waals surface area contributed by atoms with Gasteiger partial charge in [0.1, 0.15) is 0 Å². The number of aromatic nitrogens is 4. The molecule has 0 unspecified atom stereocenters. The number of fused-ring (bicyclic) bond motifs is 1. The Morgan fingerprint density at radius 1 is 1.12 bits per heavy atom. The van der Waals surface area contributed by atoms with E-state index in [1.807, 2.05) is 6.07 Å². The SMILES string of the molecule is O=c1ccc(C2CC2)nn1CC1CCN(Cc2n[nH]c3c2CCC3)CC1. The van der Waals surface area contributed by atoms with Crippen molar-refractivity contribution < 1.29 is 0 Å². The molecular formula is C20H27N5O. The van der Waals surface area contributed by atoms with E-state index in [4.69, 9.17) is 0 Å². The molecule has 0 amide bonds. The summed E-state index contributed by atoms with van der Waals surface area (Å²) >= 11 is 0. The molecule has 5 rings (SSSR count). The van der Waals surface area contributed by atoms with E-state index in [0.717, 1.165) is 51.1 Å². The minimum Gasteiger partial charge on any atom is -0.297 e. The quantitative estimate of drug-likeness (QED) is 0.895. The summed E-state index contributed by atoms with van der Waals surface area (Å²) in [4.78, 5) is 14.7. The van der Waals surface area contributed by atoms with Gasteiger partial charge in [0.2, 0.25) is 0 Å². The maximum absolute atomic E-state index is 12.2. The fraction of sp³-hybridized carbons (Fsp3) is 0.650. The molecule has 6 nitrogen and oxygen atoms in total. The summed E-state index contributed by atoms with van der Waals surface area (Å²) < 4.78 is 1.72. The first-order valence-corrected chi connectivity index (χ1v) is 10.1. The van der Waals surface area contributed by atoms with Crippen LogP contribution in [0.25, 0.3) is 0 Å². The van der Waals surface area contributed by atoms with Gasteiger partial charge in [-0.2, -0.15) is 10.2 Å². The lowest BCUT2D eigenvalue weighted by molar-refractivity contribution is 0.161. The van der Waals surface area contributed by atoms with Gasteiger partial charge in [0, 0.05) is 30.8 Å². The normalized spacial score (nSPS) is 21.2. The largest absolute Gasteiger partial charge is 0.297 e. The van der Waals surface area contributed by atoms with Crippen LogP contribution in [0.3, 0.4) is 0 Å². The van der Waals surface area contributed by atoms with E-state index in [-0.39, 0.29) is 5.56 Å². The highest BCUT2D eigenvalue weighted by molar-refractivity contribution is 5.29. The van der Waals surface area contributed by atoms with Crippen molar-refractivity contribution in [1.29, 1.82) is 0 Å². The second-order valence-electron chi connectivity index (χ2n) is 8.25. The number of nitrogens with one attached hydrogen (secondary N) is 1. The Hall–Kier alpha value is -1.95. The Bertz CT molecular complexity index is 842. The van der Waals surface area contributed by atoms with Gasteiger partial charge in [-0.15, -0.1) is 0 Å². The number of nitrogens with zero attached hydrogens (tertiary/aromatic N) is 4. The van der Waals surface area contributed by atoms with Crippen molar-refractivity contribution in [2.45, 2.75) is 64.0 Å². The molecule has 2 aliphatic carbocycles. The molecule has 0 spiro atoms. The molecule has 1 aliphatic heterocycles. The Morgan fingerprint density at radius 2 is 1.96 bits per heavy atom. The van der Waals surface area contributed by atoms with Crippen LogP contribution in [0.5, 0.6) is 0 Å². The Kier molecular flexibility index (Phi) is 4.15. The van der Waals surface area contributed by atoms with Crippen molar-refractivity contribution in [2.24, 2.45) is 5.92 Å². The van der Waals surface area contributed by atoms with Gasteiger partial charge >= 0.3 is 0 Å². The van der Waals surface area contributed by atoms with Crippen LogP contribution in [0.2, 0.25) is 0 Å². The number of hydrogen-bond acceptors (Lipinski definition) is 4. The monoisotopic (exact) mass is 353 g/mol. The first-order chi connectivity index (χ1) is 12.8. The second-order valence-corrected chi connectivity index (χ2v) is 8.25. The number of likely N-dealkylation sites (tertiary alicyclic amines) is 1. The molecule has 2 aromatic rings. The van der Waals surface area contributed by atoms with Gasteiger partial charge in [-0.05, 0) is 75.6 Å². The molecule has 0 radical (unpaired) electrons. The minimum absolute atomic E-state index is 0.0453. The molecule has 1 saturated heterocycles. The number of aromatic amines is 1. The second kappa shape index (κ2) is 6.65. The van der Waals surface area contributed by atoms with Crippen LogP contribution < -0.4 is 5.56 Å². The molecule has 0 bridgehead atoms. The molecule has 26 heavy (non-hydrogen) atoms. The van der Waals surface area contributed by atoms with Crippen LogP contribution in [0.4, 0.5) is 0 Å². The van der Waals surface area contributed by atoms with Crippen molar-refractivity contribution in [2.75, 3.05) is 13.1 Å². The lowest BCUT2D eigenvalue weighted by Crippen LogP contribution is -2.36. The summed E-state index contributed by atoms with van der Waals surface area (Å²) in [6.45, 7) is 3.91. The summed E-state index contributed by atoms with van der Waals surface area (Å²) in [5.41, 5.74) is 5.24. The zero-order valence-electron chi connectivity index (χ0n) is 15.3. The fourth-order valence-electron chi connectivity index (χ4n) is 4.49. The molecule has 0 aromatic carbocycles. The van der Waals surface area contributed by atoms with Gasteiger partial charge in [0.15, 0.2) is 0 Å². The van der Waals surface area contributed by atoms with E-state index >= 15 is 0 Å². The maximum Gasteiger partial charge on any atom is 0.266 e. The molecule has 2 aromatic heterocycles. The summed E-state index contributed by atoms with van der Waals surface area (Å²) in [6.07, 6.45) is 8.32. The number of hydrogen-bond donors (Lipinski definition) is 1. The number of piperidine rings is 1. The Morgan fingerprint density at radius 3 is 2.77 bits per heavy atom. The van der Waals surface area contributed by atoms with E-state index in [0.29, 0.717) is 11.8 Å². The topological polar surface area (TPSA) is 66.8 Å². The third-order valence-corrected chi connectivity index (χ3v) is 6.29. The van der Waals surface area contributed by atoms with Gasteiger partial charge in [-0.25, -0.2) is 4.68 Å². The summed E-state index contributed by atoms with van der Waals surface area (Å²) in [7, 11) is 0. The van der Waals surface area contributed by atoms with Crippen LogP contribution in [0.15, 0.2) is 16.9 Å². The number of H-pyrrole nitrogens is 1. The van der Waals surface area contributed by atoms with E-state index in [1.165, 1.54) is 42.6 Å². The molecule has 0 atom stereocenters. The molecule has 1 N–H and O–H groups in total. The molecule has 3 aliphatic rings. The molecule has 138 valence electrons. The smallest absolute Gasteiger partial charge is 0.266 e. The third-order valence-electron chi connectivity index (χ3n) is 6.29. The van der Waals surface area contributed by atoms with E-state index < -0.39 is 0 Å². The van der Waals surface area contributed by atoms with Gasteiger partial charge < -0.3 is 0 Å². The zero-order valence-corrected chi connectivity index (χ0v) is 15.3. The van der Waals surface area contributed by atoms with Crippen LogP contribution in [-0.4, -0.2) is 38.0 Å². The Balaban J connectivity index is 1.18. The van der Waals surface area contributed by atoms with Crippen molar-refractivity contribution in [3.63, 3.8) is 0 Å². The van der Waals surface area contributed by atoms with Gasteiger partial charge in [-0.3, -0.25) is 14.8 Å². The summed E-state index contributed by atoms with van der Waals surface area (Å²) in [5.74, 6) is 1.15. The van der Waals surface area contributed by atoms with Crippen LogP contribution in [0, 0.1) is 5.92 Å². The highest BCUT2D eigenvalue weighted by atomic mass is 16.1. The lowest BCUT2D eigenvalue weighted by atomic mass is 9.96. The van der Waals surface area contributed by atoms with Crippen LogP contribution >= 0.6 is 0 Å². The summed E-state index contributed by atoms with van der Waals surface area (Å²) in [6, 6.07) is 3.62. The van der Waals surface area contributed by atoms with E-state index in [9.17, 15) is 4.79 Å². The van der Waals surface area contributed by atoms with E-state index in [2.05, 4.69) is 20.2 Å². The van der Waals surface area contributed by atoms with Crippen molar-refractivity contribution >= 4 is 0 Å². The molecule has 3 heterocycles. The van der Waals surface area contributed by atoms with Crippen molar-refractivity contribution in [3.05, 3.63) is 45.1 Å². The van der Waals surface area contributed by atoms with Crippen LogP contribution in [0.1, 0.15) is 60.7 Å². The van der Waals surface area contributed by atoms with Gasteiger partial charge in [0.05, 0.1) is 11.4 Å². The number of aryl methyl sites for hydroxylation is 1. The first kappa shape index (κ1) is 16.2. The molecule has 1 saturated carbocycles. The fourth-order valence-corrected chi connectivity index (χ4v) is 4.49. The lowest BCUT2D eigenvalue weighted by Gasteiger charge is -2.31. The Labute approximate surface area is 153 Å². The average molecular weight is 353 g/mol. The highest BCUT2D eigenvalue weighted by Gasteiger charge is 2.27. The zero-order chi connectivity index (χ0) is 17.5. The molecule has 2 fully saturated rings. The van der Waals surface area contributed by atoms with E-state index in [1.54, 1.807) is 10.7 Å². The van der Waals surface area contributed by atoms with Crippen molar-refractivity contribution in [1.82, 2.24) is 24.9 Å². The highest BCUT2D eigenvalue weighted by Crippen LogP contribution is 2.38. The van der Waals surface area contributed by atoms with Crippen molar-refractivity contribution in [3.8, 4) is 0 Å². The minimum atomic E-state index is 0.0453. The molecular weight excluding hydrogens is 326 g/mol. The van der Waals surface area contributed by atoms with Gasteiger partial charge in [-0.1, -0.05) is 0 Å². The maximum atomic E-state index is 12.2. The average Bonchev–Trinajstić information content (AvgIpc) is 3.28. The summed E-state index contributed by atoms with van der Waals surface area (Å²) in [5, 5.41) is 12.4. The van der Waals surface area contributed by atoms with Gasteiger partial charge in [0.25, 0.3) is 5.56 Å². The predicted octanol–water partition coefficient (Wildman–Crippen LogP) is 2.24. The predicted molar refractivity (Wildman–Crippen MR) is 99.1 cm³/mol. The molecule has 6 heteroatoms.